The molecule has 1 amide bonds. The third-order valence-electron chi connectivity index (χ3n) is 6.47. The molecule has 198 valence electrons. The number of carbonyl (C=O) groups excluding carboxylic acids is 1. The van der Waals surface area contributed by atoms with Gasteiger partial charge in [0, 0.05) is 5.69 Å². The third-order valence-corrected chi connectivity index (χ3v) is 9.09. The number of para-hydroxylation sites is 1. The summed E-state index contributed by atoms with van der Waals surface area (Å²) >= 11 is 1.45. The van der Waals surface area contributed by atoms with E-state index in [4.69, 9.17) is 16.5 Å². The number of sulfonamides is 1. The van der Waals surface area contributed by atoms with Gasteiger partial charge in [-0.2, -0.15) is 0 Å². The van der Waals surface area contributed by atoms with Crippen LogP contribution >= 0.6 is 11.3 Å². The molecular formula is C27H30N6O3S2. The Bertz CT molecular complexity index is 1510. The molecule has 1 unspecified atom stereocenters. The summed E-state index contributed by atoms with van der Waals surface area (Å²) in [6.45, 7) is 0.795. The predicted octanol–water partition coefficient (Wildman–Crippen LogP) is 3.17. The monoisotopic (exact) mass is 550 g/mol. The molecule has 5 rings (SSSR count). The molecule has 9 nitrogen and oxygen atoms in total. The lowest BCUT2D eigenvalue weighted by atomic mass is 10.0. The van der Waals surface area contributed by atoms with E-state index in [9.17, 15) is 13.2 Å². The average molecular weight is 551 g/mol. The Morgan fingerprint density at radius 1 is 1.08 bits per heavy atom. The van der Waals surface area contributed by atoms with E-state index in [0.717, 1.165) is 40.7 Å². The highest BCUT2D eigenvalue weighted by molar-refractivity contribution is 7.89. The van der Waals surface area contributed by atoms with Gasteiger partial charge in [0.05, 0.1) is 33.4 Å². The van der Waals surface area contributed by atoms with E-state index in [1.807, 2.05) is 48.5 Å². The molecule has 1 fully saturated rings. The first-order valence-electron chi connectivity index (χ1n) is 12.4. The Morgan fingerprint density at radius 2 is 1.89 bits per heavy atom. The van der Waals surface area contributed by atoms with Gasteiger partial charge in [0.2, 0.25) is 15.9 Å². The molecule has 2 atom stereocenters. The molecule has 1 saturated heterocycles. The van der Waals surface area contributed by atoms with Crippen molar-refractivity contribution in [2.24, 2.45) is 11.5 Å². The summed E-state index contributed by atoms with van der Waals surface area (Å²) in [4.78, 5) is 17.3. The second-order valence-corrected chi connectivity index (χ2v) is 12.1. The van der Waals surface area contributed by atoms with E-state index in [2.05, 4.69) is 15.4 Å². The zero-order valence-electron chi connectivity index (χ0n) is 20.6. The van der Waals surface area contributed by atoms with Crippen molar-refractivity contribution in [3.8, 4) is 0 Å². The van der Waals surface area contributed by atoms with Crippen LogP contribution in [-0.4, -0.2) is 31.9 Å². The Morgan fingerprint density at radius 3 is 2.66 bits per heavy atom. The van der Waals surface area contributed by atoms with Crippen LogP contribution < -0.4 is 26.8 Å². The van der Waals surface area contributed by atoms with E-state index >= 15 is 0 Å². The number of thiazole rings is 1. The van der Waals surface area contributed by atoms with Crippen LogP contribution in [0.4, 0.5) is 5.69 Å². The molecule has 0 aliphatic carbocycles. The maximum atomic E-state index is 13.6. The first-order chi connectivity index (χ1) is 18.3. The van der Waals surface area contributed by atoms with Crippen LogP contribution in [0.1, 0.15) is 41.2 Å². The number of nitrogens with two attached hydrogens (primary N) is 2. The molecule has 7 N–H and O–H groups in total. The maximum Gasteiger partial charge on any atom is 0.241 e. The first-order valence-corrected chi connectivity index (χ1v) is 14.7. The van der Waals surface area contributed by atoms with Gasteiger partial charge in [-0.15, -0.1) is 11.3 Å². The van der Waals surface area contributed by atoms with E-state index in [-0.39, 0.29) is 16.8 Å². The molecule has 0 radical (unpaired) electrons. The number of rotatable bonds is 9. The van der Waals surface area contributed by atoms with Crippen molar-refractivity contribution in [3.63, 3.8) is 0 Å². The van der Waals surface area contributed by atoms with Gasteiger partial charge in [-0.1, -0.05) is 42.5 Å². The number of hydrogen-bond donors (Lipinski definition) is 5. The van der Waals surface area contributed by atoms with Crippen LogP contribution in [0.3, 0.4) is 0 Å². The number of carbonyl (C=O) groups is 1. The van der Waals surface area contributed by atoms with Crippen LogP contribution in [0.25, 0.3) is 10.2 Å². The molecule has 1 aliphatic rings. The fraction of sp³-hybridized carbons (Fsp3) is 0.259. The Hall–Kier alpha value is -3.19. The van der Waals surface area contributed by atoms with Crippen molar-refractivity contribution in [3.05, 3.63) is 88.9 Å². The minimum absolute atomic E-state index is 0.0542. The lowest BCUT2D eigenvalue weighted by Crippen LogP contribution is -2.35. The molecule has 1 aliphatic heterocycles. The van der Waals surface area contributed by atoms with Gasteiger partial charge in [-0.05, 0) is 67.3 Å². The van der Waals surface area contributed by atoms with Gasteiger partial charge >= 0.3 is 0 Å². The summed E-state index contributed by atoms with van der Waals surface area (Å²) in [5.74, 6) is -0.171. The second kappa shape index (κ2) is 11.3. The summed E-state index contributed by atoms with van der Waals surface area (Å²) < 4.78 is 31.0. The van der Waals surface area contributed by atoms with Crippen LogP contribution in [0.2, 0.25) is 0 Å². The summed E-state index contributed by atoms with van der Waals surface area (Å²) in [6, 6.07) is 20.5. The first kappa shape index (κ1) is 26.4. The number of amides is 1. The number of benzene rings is 3. The number of fused-ring (bicyclic) bond motifs is 1. The van der Waals surface area contributed by atoms with Crippen molar-refractivity contribution in [2.45, 2.75) is 42.4 Å². The van der Waals surface area contributed by atoms with Gasteiger partial charge in [0.15, 0.2) is 0 Å². The van der Waals surface area contributed by atoms with Gasteiger partial charge in [0.1, 0.15) is 5.01 Å². The van der Waals surface area contributed by atoms with Crippen LogP contribution in [0.15, 0.2) is 77.7 Å². The minimum Gasteiger partial charge on any atom is -0.325 e. The highest BCUT2D eigenvalue weighted by Crippen LogP contribution is 2.30. The van der Waals surface area contributed by atoms with E-state index in [1.54, 1.807) is 12.1 Å². The highest BCUT2D eigenvalue weighted by Gasteiger charge is 2.26. The molecule has 0 bridgehead atoms. The average Bonchev–Trinajstić information content (AvgIpc) is 3.59. The zero-order valence-corrected chi connectivity index (χ0v) is 22.3. The molecule has 1 aromatic heterocycles. The molecule has 4 aromatic rings. The van der Waals surface area contributed by atoms with E-state index in [0.29, 0.717) is 17.1 Å². The molecule has 3 aromatic carbocycles. The summed E-state index contributed by atoms with van der Waals surface area (Å²) in [7, 11) is -3.97. The van der Waals surface area contributed by atoms with Gasteiger partial charge < -0.3 is 22.1 Å². The highest BCUT2D eigenvalue weighted by atomic mass is 32.2. The van der Waals surface area contributed by atoms with Crippen LogP contribution in [0, 0.1) is 0 Å². The van der Waals surface area contributed by atoms with E-state index in [1.165, 1.54) is 23.5 Å². The van der Waals surface area contributed by atoms with E-state index < -0.39 is 22.2 Å². The smallest absolute Gasteiger partial charge is 0.241 e. The van der Waals surface area contributed by atoms with Gasteiger partial charge in [-0.25, -0.2) is 18.1 Å². The number of aromatic nitrogens is 1. The Labute approximate surface area is 225 Å². The molecule has 2 heterocycles. The van der Waals surface area contributed by atoms with Crippen molar-refractivity contribution < 1.29 is 13.2 Å². The van der Waals surface area contributed by atoms with Crippen LogP contribution in [0.5, 0.6) is 0 Å². The standard InChI is InChI=1S/C27H30N6O3S2/c28-25(29)18-7-3-6-17(14-18)15-23(27-32-21-10-1-2-12-24(21)37-27)33-38(35,36)20-9-4-8-19(16-20)31-26(34)22-11-5-13-30-22/h1-4,6-10,12,14,16,22-23,25,30,33H,5,11,13,15,28-29H2,(H,31,34)/t22-,23?/m0/s1. The summed E-state index contributed by atoms with van der Waals surface area (Å²) in [5, 5.41) is 6.62. The number of nitrogens with one attached hydrogen (secondary N) is 3. The molecule has 11 heteroatoms. The lowest BCUT2D eigenvalue weighted by molar-refractivity contribution is -0.117. The zero-order chi connectivity index (χ0) is 26.7. The quantitative estimate of drug-likeness (QED) is 0.201. The number of hydrogen-bond acceptors (Lipinski definition) is 8. The van der Waals surface area contributed by atoms with Gasteiger partial charge in [0.25, 0.3) is 0 Å². The fourth-order valence-corrected chi connectivity index (χ4v) is 6.85. The Kier molecular flexibility index (Phi) is 7.84. The van der Waals surface area contributed by atoms with Crippen molar-refractivity contribution in [1.29, 1.82) is 0 Å². The SMILES string of the molecule is NC(N)c1cccc(CC(NS(=O)(=O)c2cccc(NC(=O)[C@@H]3CCCN3)c2)c2nc3ccccc3s2)c1. The lowest BCUT2D eigenvalue weighted by Gasteiger charge is -2.18. The molecule has 38 heavy (non-hydrogen) atoms. The molecule has 0 saturated carbocycles. The van der Waals surface area contributed by atoms with Crippen molar-refractivity contribution in [1.82, 2.24) is 15.0 Å². The maximum absolute atomic E-state index is 13.6. The molecular weight excluding hydrogens is 520 g/mol. The summed E-state index contributed by atoms with van der Waals surface area (Å²) in [6.07, 6.45) is 1.41. The predicted molar refractivity (Wildman–Crippen MR) is 150 cm³/mol. The third kappa shape index (κ3) is 6.09. The second-order valence-electron chi connectivity index (χ2n) is 9.33. The van der Waals surface area contributed by atoms with Crippen molar-refractivity contribution in [2.75, 3.05) is 11.9 Å². The minimum atomic E-state index is -3.97. The van der Waals surface area contributed by atoms with Crippen LogP contribution in [-0.2, 0) is 21.2 Å². The largest absolute Gasteiger partial charge is 0.325 e. The van der Waals surface area contributed by atoms with Crippen molar-refractivity contribution >= 4 is 43.2 Å². The number of nitrogens with zero attached hydrogens (tertiary/aromatic N) is 1. The molecule has 0 spiro atoms. The fourth-order valence-electron chi connectivity index (χ4n) is 4.52. The Balaban J connectivity index is 1.43. The summed E-state index contributed by atoms with van der Waals surface area (Å²) in [5.41, 5.74) is 14.6. The topological polar surface area (TPSA) is 152 Å². The normalized spacial score (nSPS) is 16.7. The van der Waals surface area contributed by atoms with Gasteiger partial charge in [-0.3, -0.25) is 4.79 Å². The number of anilines is 1.